The molecule has 2 N–H and O–H groups in total. The maximum atomic E-state index is 9.34. The summed E-state index contributed by atoms with van der Waals surface area (Å²) in [6.45, 7) is 1.99. The van der Waals surface area contributed by atoms with Crippen molar-refractivity contribution in [2.24, 2.45) is 0 Å². The molecule has 1 unspecified atom stereocenters. The molecule has 0 aromatic carbocycles. The van der Waals surface area contributed by atoms with E-state index >= 15 is 0 Å². The summed E-state index contributed by atoms with van der Waals surface area (Å²) in [6.07, 6.45) is 13.5. The minimum Gasteiger partial charge on any atom is -0.392 e. The Morgan fingerprint density at radius 3 is 2.57 bits per heavy atom. The van der Waals surface area contributed by atoms with Crippen LogP contribution in [-0.2, 0) is 0 Å². The highest BCUT2D eigenvalue weighted by atomic mass is 16.3. The van der Waals surface area contributed by atoms with E-state index < -0.39 is 6.10 Å². The predicted molar refractivity (Wildman–Crippen MR) is 60.0 cm³/mol. The molecule has 1 atom stereocenters. The van der Waals surface area contributed by atoms with Crippen molar-refractivity contribution < 1.29 is 10.2 Å². The van der Waals surface area contributed by atoms with Gasteiger partial charge in [-0.1, -0.05) is 36.5 Å². The van der Waals surface area contributed by atoms with Gasteiger partial charge in [0.1, 0.15) is 0 Å². The van der Waals surface area contributed by atoms with E-state index in [4.69, 9.17) is 5.11 Å². The van der Waals surface area contributed by atoms with E-state index in [0.29, 0.717) is 6.42 Å². The van der Waals surface area contributed by atoms with Gasteiger partial charge in [-0.3, -0.25) is 0 Å². The summed E-state index contributed by atoms with van der Waals surface area (Å²) < 4.78 is 0. The molecule has 0 saturated carbocycles. The van der Waals surface area contributed by atoms with Crippen molar-refractivity contribution in [3.8, 4) is 0 Å². The Kier molecular flexibility index (Phi) is 9.59. The first-order valence-corrected chi connectivity index (χ1v) is 5.03. The van der Waals surface area contributed by atoms with Crippen LogP contribution in [0.5, 0.6) is 0 Å². The van der Waals surface area contributed by atoms with Crippen LogP contribution >= 0.6 is 0 Å². The summed E-state index contributed by atoms with van der Waals surface area (Å²) in [7, 11) is 0. The third kappa shape index (κ3) is 9.23. The van der Waals surface area contributed by atoms with Gasteiger partial charge in [0.25, 0.3) is 0 Å². The Morgan fingerprint density at radius 2 is 1.93 bits per heavy atom. The number of allylic oxidation sites excluding steroid dienone is 4. The number of hydrogen-bond acceptors (Lipinski definition) is 2. The van der Waals surface area contributed by atoms with Crippen LogP contribution in [0, 0.1) is 0 Å². The summed E-state index contributed by atoms with van der Waals surface area (Å²) in [5.74, 6) is 0. The molecular weight excluding hydrogens is 176 g/mol. The smallest absolute Gasteiger partial charge is 0.0724 e. The minimum absolute atomic E-state index is 0.00576. The molecule has 0 spiro atoms. The summed E-state index contributed by atoms with van der Waals surface area (Å²) in [5, 5.41) is 17.8. The van der Waals surface area contributed by atoms with Crippen LogP contribution in [0.4, 0.5) is 0 Å². The minimum atomic E-state index is -0.437. The SMILES string of the molecule is CC=CCC=CCCC(O)C=CCO. The number of hydrogen-bond donors (Lipinski definition) is 2. The quantitative estimate of drug-likeness (QED) is 0.613. The van der Waals surface area contributed by atoms with E-state index in [1.54, 1.807) is 12.2 Å². The van der Waals surface area contributed by atoms with Gasteiger partial charge in [-0.15, -0.1) is 0 Å². The number of aliphatic hydroxyl groups is 2. The molecule has 2 heteroatoms. The molecule has 0 radical (unpaired) electrons. The molecule has 0 fully saturated rings. The summed E-state index contributed by atoms with van der Waals surface area (Å²) >= 11 is 0. The number of rotatable bonds is 7. The Morgan fingerprint density at radius 1 is 1.14 bits per heavy atom. The monoisotopic (exact) mass is 196 g/mol. The molecule has 0 heterocycles. The van der Waals surface area contributed by atoms with Crippen LogP contribution in [-0.4, -0.2) is 22.9 Å². The molecule has 0 bridgehead atoms. The van der Waals surface area contributed by atoms with Crippen LogP contribution in [0.25, 0.3) is 0 Å². The van der Waals surface area contributed by atoms with Crippen LogP contribution in [0.3, 0.4) is 0 Å². The zero-order chi connectivity index (χ0) is 10.6. The lowest BCUT2D eigenvalue weighted by Gasteiger charge is -2.01. The van der Waals surface area contributed by atoms with Crippen LogP contribution in [0.2, 0.25) is 0 Å². The van der Waals surface area contributed by atoms with Crippen molar-refractivity contribution in [1.29, 1.82) is 0 Å². The second-order valence-corrected chi connectivity index (χ2v) is 3.03. The van der Waals surface area contributed by atoms with E-state index in [1.165, 1.54) is 0 Å². The lowest BCUT2D eigenvalue weighted by Crippen LogP contribution is -2.00. The van der Waals surface area contributed by atoms with Crippen molar-refractivity contribution >= 4 is 0 Å². The van der Waals surface area contributed by atoms with Crippen LogP contribution < -0.4 is 0 Å². The Bertz CT molecular complexity index is 192. The van der Waals surface area contributed by atoms with Gasteiger partial charge < -0.3 is 10.2 Å². The fraction of sp³-hybridized carbons (Fsp3) is 0.500. The highest BCUT2D eigenvalue weighted by Gasteiger charge is 1.94. The van der Waals surface area contributed by atoms with Crippen LogP contribution in [0.15, 0.2) is 36.5 Å². The molecule has 0 saturated heterocycles. The van der Waals surface area contributed by atoms with Crippen molar-refractivity contribution in [2.75, 3.05) is 6.61 Å². The summed E-state index contributed by atoms with van der Waals surface area (Å²) in [6, 6.07) is 0. The third-order valence-electron chi connectivity index (χ3n) is 1.77. The van der Waals surface area contributed by atoms with E-state index in [-0.39, 0.29) is 6.61 Å². The van der Waals surface area contributed by atoms with Crippen molar-refractivity contribution in [2.45, 2.75) is 32.3 Å². The average molecular weight is 196 g/mol. The van der Waals surface area contributed by atoms with Gasteiger partial charge in [-0.2, -0.15) is 0 Å². The molecule has 0 aromatic heterocycles. The molecule has 0 aromatic rings. The second kappa shape index (κ2) is 10.2. The average Bonchev–Trinajstić information content (AvgIpc) is 2.20. The van der Waals surface area contributed by atoms with Gasteiger partial charge >= 0.3 is 0 Å². The van der Waals surface area contributed by atoms with Crippen LogP contribution in [0.1, 0.15) is 26.2 Å². The van der Waals surface area contributed by atoms with E-state index in [0.717, 1.165) is 12.8 Å². The molecule has 0 aliphatic carbocycles. The molecular formula is C12H20O2. The van der Waals surface area contributed by atoms with Gasteiger partial charge in [-0.25, -0.2) is 0 Å². The molecule has 0 aliphatic heterocycles. The molecule has 2 nitrogen and oxygen atoms in total. The van der Waals surface area contributed by atoms with Crippen molar-refractivity contribution in [3.63, 3.8) is 0 Å². The highest BCUT2D eigenvalue weighted by Crippen LogP contribution is 2.00. The molecule has 80 valence electrons. The maximum absolute atomic E-state index is 9.34. The third-order valence-corrected chi connectivity index (χ3v) is 1.77. The van der Waals surface area contributed by atoms with E-state index in [9.17, 15) is 5.11 Å². The van der Waals surface area contributed by atoms with Crippen molar-refractivity contribution in [1.82, 2.24) is 0 Å². The standard InChI is InChI=1S/C12H20O2/c1-2-3-4-5-6-7-9-12(14)10-8-11-13/h2-3,5-6,8,10,12-14H,4,7,9,11H2,1H3. The van der Waals surface area contributed by atoms with Crippen molar-refractivity contribution in [3.05, 3.63) is 36.5 Å². The van der Waals surface area contributed by atoms with E-state index in [2.05, 4.69) is 18.2 Å². The largest absolute Gasteiger partial charge is 0.392 e. The fourth-order valence-corrected chi connectivity index (χ4v) is 1.01. The Balaban J connectivity index is 3.43. The summed E-state index contributed by atoms with van der Waals surface area (Å²) in [4.78, 5) is 0. The fourth-order valence-electron chi connectivity index (χ4n) is 1.01. The molecule has 0 rings (SSSR count). The summed E-state index contributed by atoms with van der Waals surface area (Å²) in [5.41, 5.74) is 0. The maximum Gasteiger partial charge on any atom is 0.0724 e. The normalized spacial score (nSPS) is 14.8. The Labute approximate surface area is 86.3 Å². The Hall–Kier alpha value is -0.860. The zero-order valence-corrected chi connectivity index (χ0v) is 8.76. The topological polar surface area (TPSA) is 40.5 Å². The predicted octanol–water partition coefficient (Wildman–Crippen LogP) is 2.20. The van der Waals surface area contributed by atoms with Gasteiger partial charge in [0.2, 0.25) is 0 Å². The highest BCUT2D eigenvalue weighted by molar-refractivity contribution is 4.93. The zero-order valence-electron chi connectivity index (χ0n) is 8.76. The first kappa shape index (κ1) is 13.1. The number of aliphatic hydroxyl groups excluding tert-OH is 2. The lowest BCUT2D eigenvalue weighted by molar-refractivity contribution is 0.212. The molecule has 14 heavy (non-hydrogen) atoms. The van der Waals surface area contributed by atoms with Gasteiger partial charge in [-0.05, 0) is 26.2 Å². The van der Waals surface area contributed by atoms with E-state index in [1.807, 2.05) is 13.0 Å². The van der Waals surface area contributed by atoms with Gasteiger partial charge in [0.05, 0.1) is 12.7 Å². The van der Waals surface area contributed by atoms with Gasteiger partial charge in [0, 0.05) is 0 Å². The molecule has 0 aliphatic rings. The first-order chi connectivity index (χ1) is 6.81. The second-order valence-electron chi connectivity index (χ2n) is 3.03. The molecule has 0 amide bonds. The van der Waals surface area contributed by atoms with Gasteiger partial charge in [0.15, 0.2) is 0 Å². The lowest BCUT2D eigenvalue weighted by atomic mass is 10.1. The first-order valence-electron chi connectivity index (χ1n) is 5.03.